The summed E-state index contributed by atoms with van der Waals surface area (Å²) < 4.78 is 11.2. The van der Waals surface area contributed by atoms with Crippen LogP contribution in [0.2, 0.25) is 0 Å². The number of amides is 1. The molecule has 1 atom stereocenters. The van der Waals surface area contributed by atoms with Crippen molar-refractivity contribution >= 4 is 17.1 Å². The maximum absolute atomic E-state index is 13.0. The van der Waals surface area contributed by atoms with Gasteiger partial charge in [0.2, 0.25) is 5.88 Å². The highest BCUT2D eigenvalue weighted by Crippen LogP contribution is 2.30. The van der Waals surface area contributed by atoms with Gasteiger partial charge in [0, 0.05) is 17.2 Å². The summed E-state index contributed by atoms with van der Waals surface area (Å²) in [6.45, 7) is 5.23. The van der Waals surface area contributed by atoms with Crippen LogP contribution in [0, 0.1) is 13.8 Å². The second-order valence-corrected chi connectivity index (χ2v) is 6.35. The van der Waals surface area contributed by atoms with Crippen molar-refractivity contribution in [2.45, 2.75) is 26.8 Å². The monoisotopic (exact) mass is 368 g/mol. The molecule has 0 aliphatic carbocycles. The zero-order chi connectivity index (χ0) is 19.7. The molecular weight excluding hydrogens is 348 g/mol. The summed E-state index contributed by atoms with van der Waals surface area (Å²) in [6.07, 6.45) is -1.15. The molecule has 0 bridgehead atoms. The molecule has 1 aromatic carbocycles. The Morgan fingerprint density at radius 2 is 2.04 bits per heavy atom. The lowest BCUT2D eigenvalue weighted by atomic mass is 10.00. The molecule has 2 heterocycles. The molecule has 0 fully saturated rings. The Morgan fingerprint density at radius 3 is 2.70 bits per heavy atom. The van der Waals surface area contributed by atoms with E-state index in [0.29, 0.717) is 39.4 Å². The maximum atomic E-state index is 13.0. The topological polar surface area (TPSA) is 102 Å². The van der Waals surface area contributed by atoms with Crippen LogP contribution >= 0.6 is 0 Å². The van der Waals surface area contributed by atoms with Crippen LogP contribution in [-0.4, -0.2) is 23.3 Å². The Labute approximate surface area is 155 Å². The molecule has 0 saturated heterocycles. The van der Waals surface area contributed by atoms with Gasteiger partial charge in [0.05, 0.1) is 18.5 Å². The third-order valence-corrected chi connectivity index (χ3v) is 4.36. The van der Waals surface area contributed by atoms with Crippen LogP contribution in [0.15, 0.2) is 39.5 Å². The number of hydrogen-bond donors (Lipinski definition) is 2. The first-order valence-electron chi connectivity index (χ1n) is 8.40. The summed E-state index contributed by atoms with van der Waals surface area (Å²) in [6, 6.07) is 8.19. The van der Waals surface area contributed by atoms with Gasteiger partial charge in [-0.1, -0.05) is 12.1 Å². The average Bonchev–Trinajstić information content (AvgIpc) is 2.64. The van der Waals surface area contributed by atoms with Gasteiger partial charge in [-0.05, 0) is 38.5 Å². The number of rotatable bonds is 4. The number of benzene rings is 1. The summed E-state index contributed by atoms with van der Waals surface area (Å²) in [5, 5.41) is 11.9. The van der Waals surface area contributed by atoms with Crippen LogP contribution in [-0.2, 0) is 0 Å². The molecule has 140 valence electrons. The molecule has 7 heteroatoms. The summed E-state index contributed by atoms with van der Waals surface area (Å²) in [4.78, 5) is 28.4. The van der Waals surface area contributed by atoms with E-state index in [0.717, 1.165) is 5.56 Å². The lowest BCUT2D eigenvalue weighted by Crippen LogP contribution is -2.25. The second kappa shape index (κ2) is 7.11. The van der Waals surface area contributed by atoms with Gasteiger partial charge in [-0.3, -0.25) is 4.79 Å². The van der Waals surface area contributed by atoms with Crippen LogP contribution < -0.4 is 15.5 Å². The van der Waals surface area contributed by atoms with Gasteiger partial charge in [-0.2, -0.15) is 0 Å². The van der Waals surface area contributed by atoms with E-state index in [1.165, 1.54) is 7.11 Å². The van der Waals surface area contributed by atoms with E-state index in [4.69, 9.17) is 14.3 Å². The van der Waals surface area contributed by atoms with Gasteiger partial charge in [-0.15, -0.1) is 0 Å². The number of pyridine rings is 1. The zero-order valence-electron chi connectivity index (χ0n) is 15.5. The second-order valence-electron chi connectivity index (χ2n) is 6.35. The minimum Gasteiger partial charge on any atom is -0.481 e. The Balaban J connectivity index is 2.31. The summed E-state index contributed by atoms with van der Waals surface area (Å²) in [7, 11) is 1.51. The number of ether oxygens (including phenoxy) is 1. The van der Waals surface area contributed by atoms with Crippen molar-refractivity contribution in [2.24, 2.45) is 0 Å². The van der Waals surface area contributed by atoms with Gasteiger partial charge in [0.15, 0.2) is 11.2 Å². The van der Waals surface area contributed by atoms with Crippen molar-refractivity contribution in [3.05, 3.63) is 57.2 Å². The van der Waals surface area contributed by atoms with Crippen LogP contribution in [0.4, 0.5) is 4.79 Å². The van der Waals surface area contributed by atoms with E-state index in [1.54, 1.807) is 38.1 Å². The van der Waals surface area contributed by atoms with E-state index in [-0.39, 0.29) is 5.43 Å². The van der Waals surface area contributed by atoms with Crippen LogP contribution in [0.5, 0.6) is 5.88 Å². The lowest BCUT2D eigenvalue weighted by Gasteiger charge is -2.16. The molecule has 0 saturated carbocycles. The molecule has 2 aromatic heterocycles. The molecule has 0 aliphatic rings. The van der Waals surface area contributed by atoms with Gasteiger partial charge >= 0.3 is 6.09 Å². The molecule has 0 radical (unpaired) electrons. The van der Waals surface area contributed by atoms with Crippen LogP contribution in [0.3, 0.4) is 0 Å². The van der Waals surface area contributed by atoms with Gasteiger partial charge in [0.25, 0.3) is 0 Å². The highest BCUT2D eigenvalue weighted by atomic mass is 16.5. The number of aromatic nitrogens is 1. The van der Waals surface area contributed by atoms with Crippen molar-refractivity contribution in [3.63, 3.8) is 0 Å². The quantitative estimate of drug-likeness (QED) is 0.726. The largest absolute Gasteiger partial charge is 0.481 e. The SMILES string of the molecule is COc1cccc(-c2oc3c(C(C)NC(=O)O)cc(C)cc3c(=O)c2C)n1. The number of hydrogen-bond acceptors (Lipinski definition) is 5. The fourth-order valence-electron chi connectivity index (χ4n) is 3.05. The zero-order valence-corrected chi connectivity index (χ0v) is 15.5. The Bertz CT molecular complexity index is 1090. The van der Waals surface area contributed by atoms with Crippen molar-refractivity contribution in [1.29, 1.82) is 0 Å². The molecule has 2 N–H and O–H groups in total. The first-order chi connectivity index (χ1) is 12.8. The summed E-state index contributed by atoms with van der Waals surface area (Å²) in [5.41, 5.74) is 2.50. The highest BCUT2D eigenvalue weighted by Gasteiger charge is 2.20. The van der Waals surface area contributed by atoms with Gasteiger partial charge in [-0.25, -0.2) is 9.78 Å². The van der Waals surface area contributed by atoms with Crippen LogP contribution in [0.25, 0.3) is 22.4 Å². The third kappa shape index (κ3) is 3.48. The summed E-state index contributed by atoms with van der Waals surface area (Å²) >= 11 is 0. The normalized spacial score (nSPS) is 12.0. The molecule has 3 aromatic rings. The Morgan fingerprint density at radius 1 is 1.30 bits per heavy atom. The first-order valence-corrected chi connectivity index (χ1v) is 8.40. The van der Waals surface area contributed by atoms with Crippen LogP contribution in [0.1, 0.15) is 29.7 Å². The standard InChI is InChI=1S/C20H20N2O5/c1-10-8-13(12(3)21-20(24)25)19-14(9-10)17(23)11(2)18(27-19)15-6-5-7-16(22-15)26-4/h5-9,12,21H,1-4H3,(H,24,25). The summed E-state index contributed by atoms with van der Waals surface area (Å²) in [5.74, 6) is 0.735. The smallest absolute Gasteiger partial charge is 0.405 e. The minimum atomic E-state index is -1.15. The van der Waals surface area contributed by atoms with E-state index in [1.807, 2.05) is 13.0 Å². The van der Waals surface area contributed by atoms with E-state index in [9.17, 15) is 9.59 Å². The molecule has 3 rings (SSSR count). The number of aryl methyl sites for hydroxylation is 1. The first kappa shape index (κ1) is 18.4. The highest BCUT2D eigenvalue weighted by molar-refractivity contribution is 5.84. The fraction of sp³-hybridized carbons (Fsp3) is 0.250. The predicted molar refractivity (Wildman–Crippen MR) is 101 cm³/mol. The predicted octanol–water partition coefficient (Wildman–Crippen LogP) is 3.81. The molecule has 7 nitrogen and oxygen atoms in total. The van der Waals surface area contributed by atoms with Gasteiger partial charge in [0.1, 0.15) is 11.3 Å². The lowest BCUT2D eigenvalue weighted by molar-refractivity contribution is 0.191. The number of fused-ring (bicyclic) bond motifs is 1. The number of carboxylic acid groups (broad SMARTS) is 1. The molecule has 0 spiro atoms. The van der Waals surface area contributed by atoms with Gasteiger partial charge < -0.3 is 19.6 Å². The van der Waals surface area contributed by atoms with Crippen molar-refractivity contribution in [3.8, 4) is 17.3 Å². The Kier molecular flexibility index (Phi) is 4.85. The number of nitrogens with zero attached hydrogens (tertiary/aromatic N) is 1. The molecule has 1 amide bonds. The molecule has 1 unspecified atom stereocenters. The fourth-order valence-corrected chi connectivity index (χ4v) is 3.05. The number of carbonyl (C=O) groups is 1. The number of methoxy groups -OCH3 is 1. The Hall–Kier alpha value is -3.35. The molecule has 0 aliphatic heterocycles. The van der Waals surface area contributed by atoms with Crippen molar-refractivity contribution in [1.82, 2.24) is 10.3 Å². The van der Waals surface area contributed by atoms with E-state index in [2.05, 4.69) is 10.3 Å². The minimum absolute atomic E-state index is 0.177. The average molecular weight is 368 g/mol. The van der Waals surface area contributed by atoms with E-state index >= 15 is 0 Å². The third-order valence-electron chi connectivity index (χ3n) is 4.36. The maximum Gasteiger partial charge on any atom is 0.405 e. The molecular formula is C20H20N2O5. The van der Waals surface area contributed by atoms with Crippen molar-refractivity contribution in [2.75, 3.05) is 7.11 Å². The van der Waals surface area contributed by atoms with E-state index < -0.39 is 12.1 Å². The number of nitrogens with one attached hydrogen (secondary N) is 1. The van der Waals surface area contributed by atoms with Crippen molar-refractivity contribution < 1.29 is 19.1 Å². The molecule has 27 heavy (non-hydrogen) atoms.